The van der Waals surface area contributed by atoms with Crippen LogP contribution < -0.4 is 5.73 Å². The number of nitrogens with zero attached hydrogens (tertiary/aromatic N) is 4. The van der Waals surface area contributed by atoms with Crippen molar-refractivity contribution >= 4 is 5.96 Å². The maximum Gasteiger partial charge on any atom is 0.191 e. The van der Waals surface area contributed by atoms with Crippen molar-refractivity contribution in [2.24, 2.45) is 16.6 Å². The zero-order valence-corrected chi connectivity index (χ0v) is 14.1. The molecule has 5 heteroatoms. The summed E-state index contributed by atoms with van der Waals surface area (Å²) < 4.78 is 0. The summed E-state index contributed by atoms with van der Waals surface area (Å²) in [4.78, 5) is 11.7. The molecule has 1 atom stereocenters. The predicted molar refractivity (Wildman–Crippen MR) is 89.6 cm³/mol. The second-order valence-electron chi connectivity index (χ2n) is 6.97. The second kappa shape index (κ2) is 7.99. The third-order valence-corrected chi connectivity index (χ3v) is 4.96. The molecule has 0 spiro atoms. The van der Waals surface area contributed by atoms with Crippen LogP contribution in [0.5, 0.6) is 0 Å². The maximum absolute atomic E-state index is 6.14. The lowest BCUT2D eigenvalue weighted by Crippen LogP contribution is -2.44. The molecular weight excluding hydrogens is 262 g/mol. The zero-order chi connectivity index (χ0) is 15.2. The number of guanidine groups is 1. The maximum atomic E-state index is 6.14. The Morgan fingerprint density at radius 2 is 1.90 bits per heavy atom. The summed E-state index contributed by atoms with van der Waals surface area (Å²) in [6.45, 7) is 8.72. The quantitative estimate of drug-likeness (QED) is 0.622. The van der Waals surface area contributed by atoms with Crippen LogP contribution in [-0.2, 0) is 0 Å². The molecule has 2 aliphatic heterocycles. The molecule has 0 radical (unpaired) electrons. The molecular formula is C16H33N5. The fourth-order valence-electron chi connectivity index (χ4n) is 3.46. The monoisotopic (exact) mass is 295 g/mol. The van der Waals surface area contributed by atoms with Gasteiger partial charge < -0.3 is 20.4 Å². The van der Waals surface area contributed by atoms with E-state index in [1.807, 2.05) is 0 Å². The SMILES string of the molecule is CC1CCCN(C(N)=NCCN2CCC(N(C)C)CC2)C1. The normalized spacial score (nSPS) is 26.6. The second-order valence-corrected chi connectivity index (χ2v) is 6.97. The minimum atomic E-state index is 0.748. The molecule has 2 saturated heterocycles. The Morgan fingerprint density at radius 3 is 2.52 bits per heavy atom. The number of nitrogens with two attached hydrogens (primary N) is 1. The number of piperidine rings is 2. The van der Waals surface area contributed by atoms with Crippen LogP contribution in [0.25, 0.3) is 0 Å². The number of hydrogen-bond acceptors (Lipinski definition) is 3. The first-order chi connectivity index (χ1) is 10.1. The third-order valence-electron chi connectivity index (χ3n) is 4.96. The highest BCUT2D eigenvalue weighted by atomic mass is 15.3. The van der Waals surface area contributed by atoms with Gasteiger partial charge >= 0.3 is 0 Å². The fraction of sp³-hybridized carbons (Fsp3) is 0.938. The summed E-state index contributed by atoms with van der Waals surface area (Å²) in [5.41, 5.74) is 6.14. The Labute approximate surface area is 130 Å². The first-order valence-corrected chi connectivity index (χ1v) is 8.50. The van der Waals surface area contributed by atoms with Crippen LogP contribution in [0, 0.1) is 5.92 Å². The lowest BCUT2D eigenvalue weighted by atomic mass is 10.0. The van der Waals surface area contributed by atoms with Gasteiger partial charge in [0.15, 0.2) is 5.96 Å². The molecule has 0 aromatic rings. The van der Waals surface area contributed by atoms with Crippen molar-refractivity contribution < 1.29 is 0 Å². The molecule has 0 bridgehead atoms. The average Bonchev–Trinajstić information content (AvgIpc) is 2.47. The highest BCUT2D eigenvalue weighted by molar-refractivity contribution is 5.78. The molecule has 0 aromatic carbocycles. The molecule has 2 rings (SSSR count). The largest absolute Gasteiger partial charge is 0.370 e. The smallest absolute Gasteiger partial charge is 0.191 e. The molecule has 122 valence electrons. The van der Waals surface area contributed by atoms with Gasteiger partial charge in [-0.15, -0.1) is 0 Å². The van der Waals surface area contributed by atoms with Gasteiger partial charge in [0.1, 0.15) is 0 Å². The van der Waals surface area contributed by atoms with Gasteiger partial charge in [0, 0.05) is 25.7 Å². The topological polar surface area (TPSA) is 48.1 Å². The van der Waals surface area contributed by atoms with Crippen LogP contribution in [-0.4, -0.2) is 80.1 Å². The van der Waals surface area contributed by atoms with Crippen molar-refractivity contribution in [1.82, 2.24) is 14.7 Å². The first-order valence-electron chi connectivity index (χ1n) is 8.50. The Bertz CT molecular complexity index is 334. The Kier molecular flexibility index (Phi) is 6.30. The summed E-state index contributed by atoms with van der Waals surface area (Å²) in [6.07, 6.45) is 5.12. The van der Waals surface area contributed by atoms with E-state index in [1.165, 1.54) is 38.8 Å². The molecule has 2 fully saturated rings. The minimum Gasteiger partial charge on any atom is -0.370 e. The molecule has 2 aliphatic rings. The van der Waals surface area contributed by atoms with E-state index < -0.39 is 0 Å². The van der Waals surface area contributed by atoms with Gasteiger partial charge in [-0.3, -0.25) is 4.99 Å². The summed E-state index contributed by atoms with van der Waals surface area (Å²) in [5, 5.41) is 0. The lowest BCUT2D eigenvalue weighted by molar-refractivity contribution is 0.148. The lowest BCUT2D eigenvalue weighted by Gasteiger charge is -2.35. The van der Waals surface area contributed by atoms with Crippen molar-refractivity contribution in [3.63, 3.8) is 0 Å². The number of likely N-dealkylation sites (tertiary alicyclic amines) is 2. The molecule has 5 nitrogen and oxygen atoms in total. The van der Waals surface area contributed by atoms with Crippen molar-refractivity contribution in [2.45, 2.75) is 38.6 Å². The Balaban J connectivity index is 1.68. The minimum absolute atomic E-state index is 0.748. The summed E-state index contributed by atoms with van der Waals surface area (Å²) in [6, 6.07) is 0.754. The van der Waals surface area contributed by atoms with E-state index in [0.29, 0.717) is 0 Å². The number of rotatable bonds is 4. The summed E-state index contributed by atoms with van der Waals surface area (Å²) in [7, 11) is 4.37. The van der Waals surface area contributed by atoms with Gasteiger partial charge in [0.05, 0.1) is 6.54 Å². The first kappa shape index (κ1) is 16.6. The summed E-state index contributed by atoms with van der Waals surface area (Å²) in [5.74, 6) is 1.50. The van der Waals surface area contributed by atoms with E-state index in [2.05, 4.69) is 40.7 Å². The van der Waals surface area contributed by atoms with Crippen LogP contribution in [0.3, 0.4) is 0 Å². The van der Waals surface area contributed by atoms with Crippen LogP contribution in [0.1, 0.15) is 32.6 Å². The number of aliphatic imine (C=N–C) groups is 1. The average molecular weight is 295 g/mol. The molecule has 0 saturated carbocycles. The number of hydrogen-bond donors (Lipinski definition) is 1. The van der Waals surface area contributed by atoms with Crippen molar-refractivity contribution in [3.05, 3.63) is 0 Å². The van der Waals surface area contributed by atoms with Crippen molar-refractivity contribution in [3.8, 4) is 0 Å². The molecule has 21 heavy (non-hydrogen) atoms. The predicted octanol–water partition coefficient (Wildman–Crippen LogP) is 1.06. The van der Waals surface area contributed by atoms with E-state index in [9.17, 15) is 0 Å². The van der Waals surface area contributed by atoms with Crippen molar-refractivity contribution in [1.29, 1.82) is 0 Å². The molecule has 2 heterocycles. The highest BCUT2D eigenvalue weighted by Gasteiger charge is 2.20. The van der Waals surface area contributed by atoms with Gasteiger partial charge in [-0.05, 0) is 58.8 Å². The van der Waals surface area contributed by atoms with E-state index in [4.69, 9.17) is 5.73 Å². The van der Waals surface area contributed by atoms with Crippen LogP contribution in [0.2, 0.25) is 0 Å². The highest BCUT2D eigenvalue weighted by Crippen LogP contribution is 2.15. The van der Waals surface area contributed by atoms with E-state index >= 15 is 0 Å². The molecule has 1 unspecified atom stereocenters. The van der Waals surface area contributed by atoms with Gasteiger partial charge in [-0.25, -0.2) is 0 Å². The van der Waals surface area contributed by atoms with Crippen LogP contribution in [0.15, 0.2) is 4.99 Å². The molecule has 0 aromatic heterocycles. The van der Waals surface area contributed by atoms with E-state index in [1.54, 1.807) is 0 Å². The van der Waals surface area contributed by atoms with Crippen LogP contribution >= 0.6 is 0 Å². The van der Waals surface area contributed by atoms with Gasteiger partial charge in [-0.1, -0.05) is 6.92 Å². The van der Waals surface area contributed by atoms with E-state index in [0.717, 1.165) is 44.1 Å². The molecule has 0 aliphatic carbocycles. The fourth-order valence-corrected chi connectivity index (χ4v) is 3.46. The standard InChI is InChI=1S/C16H33N5/c1-14-5-4-9-21(13-14)16(17)18-8-12-20-10-6-15(7-11-20)19(2)3/h14-15H,4-13H2,1-3H3,(H2,17,18). The van der Waals surface area contributed by atoms with Crippen LogP contribution in [0.4, 0.5) is 0 Å². The van der Waals surface area contributed by atoms with Crippen molar-refractivity contribution in [2.75, 3.05) is 53.4 Å². The van der Waals surface area contributed by atoms with E-state index in [-0.39, 0.29) is 0 Å². The van der Waals surface area contributed by atoms with Gasteiger partial charge in [-0.2, -0.15) is 0 Å². The van der Waals surface area contributed by atoms with Gasteiger partial charge in [0.25, 0.3) is 0 Å². The van der Waals surface area contributed by atoms with Gasteiger partial charge in [0.2, 0.25) is 0 Å². The summed E-state index contributed by atoms with van der Waals surface area (Å²) >= 11 is 0. The molecule has 0 amide bonds. The zero-order valence-electron chi connectivity index (χ0n) is 14.1. The Morgan fingerprint density at radius 1 is 1.19 bits per heavy atom. The Hall–Kier alpha value is -0.810. The molecule has 2 N–H and O–H groups in total. The third kappa shape index (κ3) is 5.15.